The number of rotatable bonds is 2. The lowest BCUT2D eigenvalue weighted by Gasteiger charge is -2.33. The van der Waals surface area contributed by atoms with Gasteiger partial charge >= 0.3 is 6.09 Å². The first-order valence-corrected chi connectivity index (χ1v) is 12.3. The number of likely N-dealkylation sites (tertiary alicyclic amines) is 1. The molecular formula is C25H33N3O2S. The molecule has 3 aliphatic rings. The Morgan fingerprint density at radius 3 is 2.81 bits per heavy atom. The molecule has 0 N–H and O–H groups in total. The second-order valence-corrected chi connectivity index (χ2v) is 11.8. The van der Waals surface area contributed by atoms with Gasteiger partial charge in [-0.25, -0.2) is 9.78 Å². The van der Waals surface area contributed by atoms with Crippen LogP contribution in [0, 0.1) is 5.92 Å². The number of thiazole rings is 1. The highest BCUT2D eigenvalue weighted by atomic mass is 32.1. The van der Waals surface area contributed by atoms with Gasteiger partial charge in [-0.2, -0.15) is 0 Å². The fourth-order valence-corrected chi connectivity index (χ4v) is 6.64. The van der Waals surface area contributed by atoms with Crippen molar-refractivity contribution >= 4 is 33.3 Å². The predicted molar refractivity (Wildman–Crippen MR) is 126 cm³/mol. The maximum absolute atomic E-state index is 12.9. The maximum Gasteiger partial charge on any atom is 0.414 e. The van der Waals surface area contributed by atoms with E-state index in [0.717, 1.165) is 35.8 Å². The van der Waals surface area contributed by atoms with Crippen molar-refractivity contribution < 1.29 is 9.53 Å². The van der Waals surface area contributed by atoms with E-state index in [1.54, 1.807) is 4.90 Å². The van der Waals surface area contributed by atoms with Crippen LogP contribution in [0.5, 0.6) is 0 Å². The molecule has 1 aliphatic carbocycles. The third kappa shape index (κ3) is 3.78. The van der Waals surface area contributed by atoms with Crippen molar-refractivity contribution in [2.75, 3.05) is 20.1 Å². The lowest BCUT2D eigenvalue weighted by Crippen LogP contribution is -2.39. The molecule has 166 valence electrons. The molecule has 5 rings (SSSR count). The van der Waals surface area contributed by atoms with Gasteiger partial charge < -0.3 is 9.64 Å². The zero-order chi connectivity index (χ0) is 22.0. The number of carbonyl (C=O) groups excluding carboxylic acids is 1. The van der Waals surface area contributed by atoms with Crippen LogP contribution in [-0.4, -0.2) is 52.7 Å². The molecule has 5 nitrogen and oxygen atoms in total. The first kappa shape index (κ1) is 21.0. The summed E-state index contributed by atoms with van der Waals surface area (Å²) >= 11 is 1.85. The van der Waals surface area contributed by atoms with Gasteiger partial charge in [-0.05, 0) is 71.6 Å². The van der Waals surface area contributed by atoms with E-state index in [0.29, 0.717) is 12.5 Å². The van der Waals surface area contributed by atoms with Crippen molar-refractivity contribution in [3.05, 3.63) is 34.8 Å². The Bertz CT molecular complexity index is 1050. The quantitative estimate of drug-likeness (QED) is 0.607. The fourth-order valence-electron chi connectivity index (χ4n) is 5.47. The molecule has 1 aromatic heterocycles. The molecule has 1 amide bonds. The third-order valence-electron chi connectivity index (χ3n) is 7.01. The molecule has 2 fully saturated rings. The lowest BCUT2D eigenvalue weighted by atomic mass is 9.88. The largest absolute Gasteiger partial charge is 0.443 e. The molecule has 1 saturated carbocycles. The van der Waals surface area contributed by atoms with Gasteiger partial charge in [0.1, 0.15) is 10.6 Å². The first-order chi connectivity index (χ1) is 14.6. The van der Waals surface area contributed by atoms with Crippen LogP contribution in [-0.2, 0) is 10.2 Å². The summed E-state index contributed by atoms with van der Waals surface area (Å²) in [5.74, 6) is 0.416. The second kappa shape index (κ2) is 7.31. The van der Waals surface area contributed by atoms with Crippen LogP contribution in [0.2, 0.25) is 0 Å². The minimum Gasteiger partial charge on any atom is -0.443 e. The van der Waals surface area contributed by atoms with E-state index in [4.69, 9.17) is 9.72 Å². The summed E-state index contributed by atoms with van der Waals surface area (Å²) in [6, 6.07) is 7.20. The summed E-state index contributed by atoms with van der Waals surface area (Å²) in [5, 5.41) is 1.29. The van der Waals surface area contributed by atoms with E-state index < -0.39 is 5.60 Å². The number of hydrogen-bond donors (Lipinski definition) is 0. The van der Waals surface area contributed by atoms with Crippen LogP contribution in [0.3, 0.4) is 0 Å². The number of likely N-dealkylation sites (N-methyl/N-ethyl adjacent to an activating group) is 1. The van der Waals surface area contributed by atoms with Gasteiger partial charge in [0.15, 0.2) is 0 Å². The van der Waals surface area contributed by atoms with Gasteiger partial charge in [0.25, 0.3) is 0 Å². The summed E-state index contributed by atoms with van der Waals surface area (Å²) in [5.41, 5.74) is 2.78. The Balaban J connectivity index is 1.47. The number of allylic oxidation sites excluding steroid dienone is 1. The molecule has 2 aliphatic heterocycles. The van der Waals surface area contributed by atoms with Gasteiger partial charge in [0, 0.05) is 30.1 Å². The van der Waals surface area contributed by atoms with Crippen molar-refractivity contribution in [1.82, 2.24) is 14.8 Å². The second-order valence-electron chi connectivity index (χ2n) is 10.8. The van der Waals surface area contributed by atoms with Crippen molar-refractivity contribution in [2.24, 2.45) is 5.92 Å². The Labute approximate surface area is 189 Å². The molecule has 2 unspecified atom stereocenters. The average molecular weight is 440 g/mol. The molecule has 3 atom stereocenters. The SMILES string of the molecule is C[C@H]1CC=C(c2ccc3sc(C45CCC(C4)N(C)C5)nc3c2)N(C(=O)OC(C)(C)C)C1. The van der Waals surface area contributed by atoms with E-state index in [2.05, 4.69) is 43.1 Å². The molecule has 6 heteroatoms. The first-order valence-electron chi connectivity index (χ1n) is 11.5. The van der Waals surface area contributed by atoms with E-state index >= 15 is 0 Å². The number of fused-ring (bicyclic) bond motifs is 3. The van der Waals surface area contributed by atoms with Gasteiger partial charge in [-0.1, -0.05) is 19.1 Å². The predicted octanol–water partition coefficient (Wildman–Crippen LogP) is 5.65. The van der Waals surface area contributed by atoms with E-state index in [-0.39, 0.29) is 11.5 Å². The molecule has 0 spiro atoms. The number of carbonyl (C=O) groups is 1. The Morgan fingerprint density at radius 2 is 2.13 bits per heavy atom. The summed E-state index contributed by atoms with van der Waals surface area (Å²) in [7, 11) is 2.25. The highest BCUT2D eigenvalue weighted by Gasteiger charge is 2.50. The monoisotopic (exact) mass is 439 g/mol. The van der Waals surface area contributed by atoms with Gasteiger partial charge in [0.05, 0.1) is 15.9 Å². The van der Waals surface area contributed by atoms with Crippen LogP contribution in [0.25, 0.3) is 15.9 Å². The Morgan fingerprint density at radius 1 is 1.32 bits per heavy atom. The third-order valence-corrected chi connectivity index (χ3v) is 8.29. The molecular weight excluding hydrogens is 406 g/mol. The molecule has 31 heavy (non-hydrogen) atoms. The van der Waals surface area contributed by atoms with Gasteiger partial charge in [-0.15, -0.1) is 11.3 Å². The minimum atomic E-state index is -0.510. The average Bonchev–Trinajstić information content (AvgIpc) is 3.38. The van der Waals surface area contributed by atoms with Gasteiger partial charge in [-0.3, -0.25) is 4.90 Å². The maximum atomic E-state index is 12.9. The Kier molecular flexibility index (Phi) is 4.94. The summed E-state index contributed by atoms with van der Waals surface area (Å²) < 4.78 is 6.94. The summed E-state index contributed by atoms with van der Waals surface area (Å²) in [4.78, 5) is 22.4. The smallest absolute Gasteiger partial charge is 0.414 e. The van der Waals surface area contributed by atoms with E-state index in [1.807, 2.05) is 32.1 Å². The standard InChI is InChI=1S/C25H33N3O2S/c1-16-6-8-20(28(14-16)23(29)30-24(2,3)4)17-7-9-21-19(12-17)26-22(31-21)25-11-10-18(13-25)27(5)15-25/h7-9,12,16,18H,6,10-11,13-15H2,1-5H3/t16-,18?,25?/m0/s1. The van der Waals surface area contributed by atoms with Crippen LogP contribution < -0.4 is 0 Å². The van der Waals surface area contributed by atoms with Crippen LogP contribution in [0.4, 0.5) is 4.79 Å². The minimum absolute atomic E-state index is 0.241. The van der Waals surface area contributed by atoms with Crippen molar-refractivity contribution in [1.29, 1.82) is 0 Å². The zero-order valence-electron chi connectivity index (χ0n) is 19.3. The lowest BCUT2D eigenvalue weighted by molar-refractivity contribution is 0.0327. The number of nitrogens with zero attached hydrogens (tertiary/aromatic N) is 3. The number of aromatic nitrogens is 1. The highest BCUT2D eigenvalue weighted by molar-refractivity contribution is 7.18. The van der Waals surface area contributed by atoms with Crippen molar-refractivity contribution in [2.45, 2.75) is 70.4 Å². The number of piperidine rings is 1. The number of ether oxygens (including phenoxy) is 1. The van der Waals surface area contributed by atoms with Crippen LogP contribution >= 0.6 is 11.3 Å². The molecule has 1 saturated heterocycles. The summed E-state index contributed by atoms with van der Waals surface area (Å²) in [6.07, 6.45) is 6.66. The molecule has 0 radical (unpaired) electrons. The fraction of sp³-hybridized carbons (Fsp3) is 0.600. The normalized spacial score (nSPS) is 28.9. The van der Waals surface area contributed by atoms with Crippen LogP contribution in [0.1, 0.15) is 63.9 Å². The Hall–Kier alpha value is -1.92. The summed E-state index contributed by atoms with van der Waals surface area (Å²) in [6.45, 7) is 9.72. The molecule has 2 aromatic rings. The number of benzene rings is 1. The highest BCUT2D eigenvalue weighted by Crippen LogP contribution is 2.50. The van der Waals surface area contributed by atoms with Crippen LogP contribution in [0.15, 0.2) is 24.3 Å². The molecule has 2 bridgehead atoms. The zero-order valence-corrected chi connectivity index (χ0v) is 20.1. The number of amides is 1. The van der Waals surface area contributed by atoms with Crippen molar-refractivity contribution in [3.63, 3.8) is 0 Å². The topological polar surface area (TPSA) is 45.7 Å². The molecule has 1 aromatic carbocycles. The number of hydrogen-bond acceptors (Lipinski definition) is 5. The van der Waals surface area contributed by atoms with Gasteiger partial charge in [0.2, 0.25) is 0 Å². The van der Waals surface area contributed by atoms with E-state index in [1.165, 1.54) is 29.0 Å². The van der Waals surface area contributed by atoms with Crippen molar-refractivity contribution in [3.8, 4) is 0 Å². The molecule has 3 heterocycles. The van der Waals surface area contributed by atoms with E-state index in [9.17, 15) is 4.79 Å².